The highest BCUT2D eigenvalue weighted by molar-refractivity contribution is 5.75. The molecule has 28 heavy (non-hydrogen) atoms. The second-order valence-corrected chi connectivity index (χ2v) is 6.76. The van der Waals surface area contributed by atoms with Gasteiger partial charge in [-0.25, -0.2) is 9.18 Å². The Balaban J connectivity index is 1.45. The van der Waals surface area contributed by atoms with Gasteiger partial charge in [-0.1, -0.05) is 12.1 Å². The van der Waals surface area contributed by atoms with E-state index in [4.69, 9.17) is 9.47 Å². The summed E-state index contributed by atoms with van der Waals surface area (Å²) >= 11 is 0. The van der Waals surface area contributed by atoms with Crippen molar-refractivity contribution < 1.29 is 18.7 Å². The Kier molecular flexibility index (Phi) is 6.57. The van der Waals surface area contributed by atoms with Gasteiger partial charge >= 0.3 is 6.03 Å². The zero-order valence-corrected chi connectivity index (χ0v) is 16.2. The van der Waals surface area contributed by atoms with E-state index in [0.717, 1.165) is 24.5 Å². The Morgan fingerprint density at radius 1 is 1.11 bits per heavy atom. The molecular weight excluding hydrogens is 361 g/mol. The average Bonchev–Trinajstić information content (AvgIpc) is 2.73. The molecule has 2 aromatic rings. The first-order chi connectivity index (χ1) is 13.6. The van der Waals surface area contributed by atoms with Gasteiger partial charge in [0.2, 0.25) is 0 Å². The van der Waals surface area contributed by atoms with Crippen LogP contribution in [0.3, 0.4) is 0 Å². The summed E-state index contributed by atoms with van der Waals surface area (Å²) in [6.07, 6.45) is 0. The SMILES string of the molecule is COc1ccccc1N1CCN(C(=O)NC(C)COc2ccc(F)cc2)CC1. The van der Waals surface area contributed by atoms with Crippen LogP contribution in [-0.4, -0.2) is 56.9 Å². The van der Waals surface area contributed by atoms with Crippen molar-refractivity contribution in [2.24, 2.45) is 0 Å². The number of methoxy groups -OCH3 is 1. The molecule has 1 unspecified atom stereocenters. The zero-order valence-electron chi connectivity index (χ0n) is 16.2. The van der Waals surface area contributed by atoms with Gasteiger partial charge in [0.1, 0.15) is 23.9 Å². The maximum atomic E-state index is 12.9. The molecular formula is C21H26FN3O3. The average molecular weight is 387 g/mol. The van der Waals surface area contributed by atoms with E-state index in [0.29, 0.717) is 25.4 Å². The highest BCUT2D eigenvalue weighted by Gasteiger charge is 2.23. The highest BCUT2D eigenvalue weighted by atomic mass is 19.1. The second-order valence-electron chi connectivity index (χ2n) is 6.76. The summed E-state index contributed by atoms with van der Waals surface area (Å²) in [5.41, 5.74) is 1.05. The molecule has 1 saturated heterocycles. The third kappa shape index (κ3) is 5.06. The molecule has 2 aromatic carbocycles. The number of amides is 2. The molecule has 1 aliphatic rings. The van der Waals surface area contributed by atoms with Gasteiger partial charge in [0, 0.05) is 26.2 Å². The van der Waals surface area contributed by atoms with Crippen molar-refractivity contribution in [1.82, 2.24) is 10.2 Å². The van der Waals surface area contributed by atoms with Gasteiger partial charge in [0.05, 0.1) is 18.8 Å². The smallest absolute Gasteiger partial charge is 0.317 e. The fraction of sp³-hybridized carbons (Fsp3) is 0.381. The van der Waals surface area contributed by atoms with Crippen LogP contribution >= 0.6 is 0 Å². The summed E-state index contributed by atoms with van der Waals surface area (Å²) in [5.74, 6) is 1.11. The molecule has 0 saturated carbocycles. The molecule has 1 atom stereocenters. The number of carbonyl (C=O) groups is 1. The van der Waals surface area contributed by atoms with Gasteiger partial charge in [0.25, 0.3) is 0 Å². The number of piperazine rings is 1. The molecule has 1 N–H and O–H groups in total. The third-order valence-electron chi connectivity index (χ3n) is 4.68. The third-order valence-corrected chi connectivity index (χ3v) is 4.68. The lowest BCUT2D eigenvalue weighted by atomic mass is 10.2. The van der Waals surface area contributed by atoms with Crippen molar-refractivity contribution in [3.8, 4) is 11.5 Å². The first-order valence-electron chi connectivity index (χ1n) is 9.38. The fourth-order valence-corrected chi connectivity index (χ4v) is 3.14. The summed E-state index contributed by atoms with van der Waals surface area (Å²) < 4.78 is 23.9. The number of hydrogen-bond donors (Lipinski definition) is 1. The number of nitrogens with one attached hydrogen (secondary N) is 1. The van der Waals surface area contributed by atoms with E-state index >= 15 is 0 Å². The van der Waals surface area contributed by atoms with Gasteiger partial charge in [0.15, 0.2) is 0 Å². The summed E-state index contributed by atoms with van der Waals surface area (Å²) in [4.78, 5) is 16.5. The van der Waals surface area contributed by atoms with Crippen LogP contribution in [0.15, 0.2) is 48.5 Å². The molecule has 0 radical (unpaired) electrons. The number of ether oxygens (including phenoxy) is 2. The lowest BCUT2D eigenvalue weighted by Gasteiger charge is -2.37. The molecule has 0 aromatic heterocycles. The minimum Gasteiger partial charge on any atom is -0.495 e. The topological polar surface area (TPSA) is 54.0 Å². The number of rotatable bonds is 6. The molecule has 0 aliphatic carbocycles. The molecule has 1 fully saturated rings. The Morgan fingerprint density at radius 2 is 1.79 bits per heavy atom. The van der Waals surface area contributed by atoms with Crippen molar-refractivity contribution in [1.29, 1.82) is 0 Å². The maximum Gasteiger partial charge on any atom is 0.317 e. The lowest BCUT2D eigenvalue weighted by molar-refractivity contribution is 0.184. The van der Waals surface area contributed by atoms with Gasteiger partial charge < -0.3 is 24.6 Å². The van der Waals surface area contributed by atoms with Gasteiger partial charge in [-0.3, -0.25) is 0 Å². The largest absolute Gasteiger partial charge is 0.495 e. The van der Waals surface area contributed by atoms with E-state index in [-0.39, 0.29) is 17.9 Å². The van der Waals surface area contributed by atoms with Crippen LogP contribution in [0, 0.1) is 5.82 Å². The van der Waals surface area contributed by atoms with Crippen LogP contribution in [0.2, 0.25) is 0 Å². The molecule has 6 nitrogen and oxygen atoms in total. The van der Waals surface area contributed by atoms with Crippen LogP contribution < -0.4 is 19.7 Å². The summed E-state index contributed by atoms with van der Waals surface area (Å²) in [7, 11) is 1.66. The van der Waals surface area contributed by atoms with E-state index in [1.807, 2.05) is 31.2 Å². The summed E-state index contributed by atoms with van der Waals surface area (Å²) in [5, 5.41) is 2.95. The summed E-state index contributed by atoms with van der Waals surface area (Å²) in [6, 6.07) is 13.5. The highest BCUT2D eigenvalue weighted by Crippen LogP contribution is 2.28. The van der Waals surface area contributed by atoms with Gasteiger partial charge in [-0.2, -0.15) is 0 Å². The van der Waals surface area contributed by atoms with Crippen molar-refractivity contribution in [3.63, 3.8) is 0 Å². The predicted molar refractivity (Wildman–Crippen MR) is 107 cm³/mol. The number of halogens is 1. The Morgan fingerprint density at radius 3 is 2.46 bits per heavy atom. The number of para-hydroxylation sites is 2. The van der Waals surface area contributed by atoms with E-state index in [2.05, 4.69) is 10.2 Å². The molecule has 1 heterocycles. The summed E-state index contributed by atoms with van der Waals surface area (Å²) in [6.45, 7) is 4.96. The maximum absolute atomic E-state index is 12.9. The molecule has 0 bridgehead atoms. The van der Waals surface area contributed by atoms with Crippen molar-refractivity contribution in [2.75, 3.05) is 44.8 Å². The Bertz CT molecular complexity index is 777. The second kappa shape index (κ2) is 9.30. The number of nitrogens with zero attached hydrogens (tertiary/aromatic N) is 2. The molecule has 0 spiro atoms. The van der Waals surface area contributed by atoms with Crippen LogP contribution in [0.1, 0.15) is 6.92 Å². The monoisotopic (exact) mass is 387 g/mol. The van der Waals surface area contributed by atoms with Crippen molar-refractivity contribution in [3.05, 3.63) is 54.3 Å². The molecule has 3 rings (SSSR count). The quantitative estimate of drug-likeness (QED) is 0.828. The van der Waals surface area contributed by atoms with Crippen LogP contribution in [0.5, 0.6) is 11.5 Å². The molecule has 1 aliphatic heterocycles. The van der Waals surface area contributed by atoms with Crippen LogP contribution in [-0.2, 0) is 0 Å². The standard InChI is InChI=1S/C21H26FN3O3/c1-16(15-28-18-9-7-17(22)8-10-18)23-21(26)25-13-11-24(12-14-25)19-5-3-4-6-20(19)27-2/h3-10,16H,11-15H2,1-2H3,(H,23,26). The number of benzene rings is 2. The zero-order chi connectivity index (χ0) is 19.9. The van der Waals surface area contributed by atoms with E-state index in [1.54, 1.807) is 24.1 Å². The van der Waals surface area contributed by atoms with Crippen LogP contribution in [0.4, 0.5) is 14.9 Å². The minimum atomic E-state index is -0.305. The van der Waals surface area contributed by atoms with Gasteiger partial charge in [-0.15, -0.1) is 0 Å². The van der Waals surface area contributed by atoms with Crippen molar-refractivity contribution >= 4 is 11.7 Å². The predicted octanol–water partition coefficient (Wildman–Crippen LogP) is 3.13. The van der Waals surface area contributed by atoms with Crippen LogP contribution in [0.25, 0.3) is 0 Å². The Hall–Kier alpha value is -2.96. The molecule has 7 heteroatoms. The first-order valence-corrected chi connectivity index (χ1v) is 9.38. The minimum absolute atomic E-state index is 0.102. The van der Waals surface area contributed by atoms with E-state index < -0.39 is 0 Å². The van der Waals surface area contributed by atoms with E-state index in [1.165, 1.54) is 12.1 Å². The Labute approximate surface area is 164 Å². The fourth-order valence-electron chi connectivity index (χ4n) is 3.14. The number of carbonyl (C=O) groups excluding carboxylic acids is 1. The number of urea groups is 1. The lowest BCUT2D eigenvalue weighted by Crippen LogP contribution is -2.53. The first kappa shape index (κ1) is 19.8. The number of hydrogen-bond acceptors (Lipinski definition) is 4. The normalized spacial score (nSPS) is 15.1. The van der Waals surface area contributed by atoms with Gasteiger partial charge in [-0.05, 0) is 43.3 Å². The molecule has 150 valence electrons. The van der Waals surface area contributed by atoms with E-state index in [9.17, 15) is 9.18 Å². The van der Waals surface area contributed by atoms with Crippen molar-refractivity contribution in [2.45, 2.75) is 13.0 Å². The number of anilines is 1. The molecule has 2 amide bonds.